The molecule has 1 heterocycles. The summed E-state index contributed by atoms with van der Waals surface area (Å²) in [5.41, 5.74) is 5.44. The highest BCUT2D eigenvalue weighted by atomic mass is 16.5. The molecule has 10 nitrogen and oxygen atoms in total. The topological polar surface area (TPSA) is 164 Å². The van der Waals surface area contributed by atoms with Crippen LogP contribution in [0.2, 0.25) is 0 Å². The molecule has 6 N–H and O–H groups in total. The van der Waals surface area contributed by atoms with E-state index in [1.54, 1.807) is 0 Å². The van der Waals surface area contributed by atoms with Gasteiger partial charge in [-0.3, -0.25) is 4.79 Å². The molecule has 0 unspecified atom stereocenters. The third-order valence-corrected chi connectivity index (χ3v) is 1.81. The van der Waals surface area contributed by atoms with E-state index in [9.17, 15) is 9.59 Å². The summed E-state index contributed by atoms with van der Waals surface area (Å²) in [5.74, 6) is -0.932. The Hall–Kier alpha value is -2.20. The largest absolute Gasteiger partial charge is 0.480 e. The normalized spacial score (nSPS) is 11.9. The molecule has 0 aliphatic rings. The fraction of sp³-hybridized carbons (Fsp3) is 0.500. The van der Waals surface area contributed by atoms with Crippen LogP contribution >= 0.6 is 0 Å². The Kier molecular flexibility index (Phi) is 5.02. The van der Waals surface area contributed by atoms with Crippen molar-refractivity contribution in [3.63, 3.8) is 0 Å². The molecule has 10 heteroatoms. The van der Waals surface area contributed by atoms with E-state index in [0.29, 0.717) is 0 Å². The molecule has 1 aromatic heterocycles. The van der Waals surface area contributed by atoms with Gasteiger partial charge in [-0.2, -0.15) is 4.98 Å². The number of nitrogens with zero attached hydrogens (tertiary/aromatic N) is 2. The highest BCUT2D eigenvalue weighted by molar-refractivity contribution is 5.79. The predicted molar refractivity (Wildman–Crippen MR) is 56.2 cm³/mol. The van der Waals surface area contributed by atoms with Crippen LogP contribution in [0.3, 0.4) is 0 Å². The van der Waals surface area contributed by atoms with Gasteiger partial charge in [0.2, 0.25) is 5.89 Å². The fourth-order valence-electron chi connectivity index (χ4n) is 0.946. The lowest BCUT2D eigenvalue weighted by Gasteiger charge is -2.02. The van der Waals surface area contributed by atoms with Crippen LogP contribution in [-0.2, 0) is 11.3 Å². The molecule has 2 amide bonds. The molecule has 0 fully saturated rings. The standard InChI is InChI=1S/C8H13N5O5/c9-4(3-14)7-12-5(18-13-7)1-10-8(17)11-2-6(15)16/h4,14H,1-3,9H2,(H,15,16)(H2,10,11,17)/t4-/m1/s1. The van der Waals surface area contributed by atoms with E-state index in [1.165, 1.54) is 0 Å². The number of nitrogens with one attached hydrogen (secondary N) is 2. The maximum absolute atomic E-state index is 11.1. The van der Waals surface area contributed by atoms with E-state index in [4.69, 9.17) is 20.5 Å². The van der Waals surface area contributed by atoms with Gasteiger partial charge in [0.05, 0.1) is 19.2 Å². The van der Waals surface area contributed by atoms with Gasteiger partial charge in [-0.25, -0.2) is 4.79 Å². The molecular weight excluding hydrogens is 246 g/mol. The summed E-state index contributed by atoms with van der Waals surface area (Å²) in [6.45, 7) is -0.890. The van der Waals surface area contributed by atoms with Crippen molar-refractivity contribution in [3.8, 4) is 0 Å². The fourth-order valence-corrected chi connectivity index (χ4v) is 0.946. The third kappa shape index (κ3) is 4.35. The summed E-state index contributed by atoms with van der Waals surface area (Å²) in [4.78, 5) is 25.1. The molecule has 0 aliphatic heterocycles. The summed E-state index contributed by atoms with van der Waals surface area (Å²) in [6, 6.07) is -1.42. The molecule has 0 aliphatic carbocycles. The Balaban J connectivity index is 2.37. The number of amides is 2. The summed E-state index contributed by atoms with van der Waals surface area (Å²) in [7, 11) is 0. The Morgan fingerprint density at radius 1 is 1.44 bits per heavy atom. The zero-order chi connectivity index (χ0) is 13.5. The number of aliphatic hydroxyl groups is 1. The van der Waals surface area contributed by atoms with E-state index < -0.39 is 24.6 Å². The van der Waals surface area contributed by atoms with Crippen LogP contribution in [0.5, 0.6) is 0 Å². The number of aliphatic carboxylic acids is 1. The average molecular weight is 259 g/mol. The van der Waals surface area contributed by atoms with Crippen molar-refractivity contribution in [2.45, 2.75) is 12.6 Å². The minimum Gasteiger partial charge on any atom is -0.480 e. The number of nitrogens with two attached hydrogens (primary N) is 1. The van der Waals surface area contributed by atoms with Crippen LogP contribution < -0.4 is 16.4 Å². The number of rotatable bonds is 6. The highest BCUT2D eigenvalue weighted by Crippen LogP contribution is 2.04. The van der Waals surface area contributed by atoms with Crippen molar-refractivity contribution in [2.24, 2.45) is 5.73 Å². The molecule has 0 bridgehead atoms. The molecule has 18 heavy (non-hydrogen) atoms. The van der Waals surface area contributed by atoms with Crippen LogP contribution in [0.15, 0.2) is 4.52 Å². The number of aliphatic hydroxyl groups excluding tert-OH is 1. The SMILES string of the molecule is N[C@H](CO)c1noc(CNC(=O)NCC(=O)O)n1. The summed E-state index contributed by atoms with van der Waals surface area (Å²) >= 11 is 0. The van der Waals surface area contributed by atoms with Gasteiger partial charge in [-0.1, -0.05) is 5.16 Å². The molecular formula is C8H13N5O5. The molecule has 0 saturated carbocycles. The maximum atomic E-state index is 11.1. The minimum atomic E-state index is -1.15. The molecule has 1 atom stereocenters. The van der Waals surface area contributed by atoms with Crippen molar-refractivity contribution in [3.05, 3.63) is 11.7 Å². The lowest BCUT2D eigenvalue weighted by molar-refractivity contribution is -0.135. The van der Waals surface area contributed by atoms with E-state index in [1.807, 2.05) is 0 Å². The first-order valence-corrected chi connectivity index (χ1v) is 4.95. The number of carbonyl (C=O) groups excluding carboxylic acids is 1. The monoisotopic (exact) mass is 259 g/mol. The van der Waals surface area contributed by atoms with Gasteiger partial charge < -0.3 is 31.1 Å². The molecule has 0 saturated heterocycles. The number of urea groups is 1. The van der Waals surface area contributed by atoms with E-state index in [2.05, 4.69) is 20.8 Å². The smallest absolute Gasteiger partial charge is 0.323 e. The van der Waals surface area contributed by atoms with Crippen LogP contribution in [0.4, 0.5) is 4.79 Å². The molecule has 0 aromatic carbocycles. The second-order valence-electron chi connectivity index (χ2n) is 3.27. The lowest BCUT2D eigenvalue weighted by atomic mass is 10.3. The minimum absolute atomic E-state index is 0.0728. The third-order valence-electron chi connectivity index (χ3n) is 1.81. The molecule has 100 valence electrons. The number of carboxylic acids is 1. The molecule has 1 aromatic rings. The first-order valence-electron chi connectivity index (χ1n) is 4.95. The number of hydrogen-bond acceptors (Lipinski definition) is 7. The lowest BCUT2D eigenvalue weighted by Crippen LogP contribution is -2.38. The Labute approximate surface area is 101 Å². The van der Waals surface area contributed by atoms with Gasteiger partial charge in [-0.05, 0) is 0 Å². The van der Waals surface area contributed by atoms with Crippen LogP contribution in [0.1, 0.15) is 17.8 Å². The van der Waals surface area contributed by atoms with E-state index in [-0.39, 0.29) is 24.9 Å². The van der Waals surface area contributed by atoms with Gasteiger partial charge in [0.15, 0.2) is 5.82 Å². The summed E-state index contributed by atoms with van der Waals surface area (Å²) in [6.07, 6.45) is 0. The van der Waals surface area contributed by atoms with Crippen molar-refractivity contribution in [1.29, 1.82) is 0 Å². The van der Waals surface area contributed by atoms with E-state index >= 15 is 0 Å². The highest BCUT2D eigenvalue weighted by Gasteiger charge is 2.13. The predicted octanol–water partition coefficient (Wildman–Crippen LogP) is -2.05. The quantitative estimate of drug-likeness (QED) is 0.389. The zero-order valence-electron chi connectivity index (χ0n) is 9.29. The van der Waals surface area contributed by atoms with Crippen molar-refractivity contribution >= 4 is 12.0 Å². The van der Waals surface area contributed by atoms with Gasteiger partial charge in [-0.15, -0.1) is 0 Å². The Morgan fingerprint density at radius 2 is 2.17 bits per heavy atom. The second-order valence-corrected chi connectivity index (χ2v) is 3.27. The summed E-state index contributed by atoms with van der Waals surface area (Å²) < 4.78 is 4.75. The van der Waals surface area contributed by atoms with Gasteiger partial charge >= 0.3 is 12.0 Å². The Morgan fingerprint density at radius 3 is 2.78 bits per heavy atom. The van der Waals surface area contributed by atoms with Crippen molar-refractivity contribution in [1.82, 2.24) is 20.8 Å². The molecule has 0 spiro atoms. The average Bonchev–Trinajstić information content (AvgIpc) is 2.81. The number of carboxylic acid groups (broad SMARTS) is 1. The molecule has 1 rings (SSSR count). The molecule has 0 radical (unpaired) electrons. The number of aromatic nitrogens is 2. The zero-order valence-corrected chi connectivity index (χ0v) is 9.29. The first-order chi connectivity index (χ1) is 8.52. The number of hydrogen-bond donors (Lipinski definition) is 5. The van der Waals surface area contributed by atoms with E-state index in [0.717, 1.165) is 0 Å². The maximum Gasteiger partial charge on any atom is 0.323 e. The van der Waals surface area contributed by atoms with Crippen molar-refractivity contribution in [2.75, 3.05) is 13.2 Å². The first kappa shape index (κ1) is 13.9. The van der Waals surface area contributed by atoms with Gasteiger partial charge in [0.25, 0.3) is 0 Å². The number of carbonyl (C=O) groups is 2. The van der Waals surface area contributed by atoms with Crippen LogP contribution in [0, 0.1) is 0 Å². The van der Waals surface area contributed by atoms with Gasteiger partial charge in [0.1, 0.15) is 6.54 Å². The van der Waals surface area contributed by atoms with Crippen LogP contribution in [0.25, 0.3) is 0 Å². The second kappa shape index (κ2) is 6.51. The van der Waals surface area contributed by atoms with Gasteiger partial charge in [0, 0.05) is 0 Å². The summed E-state index contributed by atoms with van der Waals surface area (Å²) in [5, 5.41) is 25.0. The van der Waals surface area contributed by atoms with Crippen molar-refractivity contribution < 1.29 is 24.3 Å². The van der Waals surface area contributed by atoms with Crippen LogP contribution in [-0.4, -0.2) is 45.5 Å². The Bertz CT molecular complexity index is 420.